The van der Waals surface area contributed by atoms with E-state index in [9.17, 15) is 9.90 Å². The SMILES string of the molecule is Cc1ccc2c(C)c(C(=O)N/N=C/c3cc(Br)cc(Br)c3O)oc2c1. The molecule has 2 aromatic carbocycles. The molecule has 2 N–H and O–H groups in total. The van der Waals surface area contributed by atoms with Gasteiger partial charge in [0.15, 0.2) is 5.76 Å². The maximum Gasteiger partial charge on any atom is 0.307 e. The lowest BCUT2D eigenvalue weighted by atomic mass is 10.1. The molecule has 1 heterocycles. The van der Waals surface area contributed by atoms with Gasteiger partial charge in [-0.2, -0.15) is 5.10 Å². The second-order valence-electron chi connectivity index (χ2n) is 5.58. The second-order valence-corrected chi connectivity index (χ2v) is 7.35. The van der Waals surface area contributed by atoms with Crippen LogP contribution in [-0.2, 0) is 0 Å². The molecule has 1 amide bonds. The minimum absolute atomic E-state index is 0.0385. The number of halogens is 2. The predicted octanol–water partition coefficient (Wildman–Crippen LogP) is 5.04. The average Bonchev–Trinajstić information content (AvgIpc) is 2.88. The van der Waals surface area contributed by atoms with Gasteiger partial charge < -0.3 is 9.52 Å². The number of aryl methyl sites for hydroxylation is 2. The number of aromatic hydroxyl groups is 1. The van der Waals surface area contributed by atoms with Gasteiger partial charge in [-0.25, -0.2) is 5.43 Å². The summed E-state index contributed by atoms with van der Waals surface area (Å²) in [5.74, 6) is -0.190. The van der Waals surface area contributed by atoms with Gasteiger partial charge in [0.1, 0.15) is 11.3 Å². The van der Waals surface area contributed by atoms with Gasteiger partial charge in [0.05, 0.1) is 10.7 Å². The number of carbonyl (C=O) groups excluding carboxylic acids is 1. The molecule has 0 unspecified atom stereocenters. The van der Waals surface area contributed by atoms with Crippen molar-refractivity contribution >= 4 is 55.0 Å². The molecule has 0 atom stereocenters. The third-order valence-corrected chi connectivity index (χ3v) is 4.79. The van der Waals surface area contributed by atoms with Gasteiger partial charge >= 0.3 is 5.91 Å². The van der Waals surface area contributed by atoms with E-state index in [1.165, 1.54) is 6.21 Å². The zero-order chi connectivity index (χ0) is 18.1. The molecular weight excluding hydrogens is 452 g/mol. The number of hydrazone groups is 1. The van der Waals surface area contributed by atoms with Crippen molar-refractivity contribution in [1.82, 2.24) is 5.43 Å². The molecule has 0 radical (unpaired) electrons. The van der Waals surface area contributed by atoms with E-state index in [-0.39, 0.29) is 11.5 Å². The summed E-state index contributed by atoms with van der Waals surface area (Å²) in [7, 11) is 0. The van der Waals surface area contributed by atoms with Gasteiger partial charge in [-0.1, -0.05) is 28.1 Å². The van der Waals surface area contributed by atoms with E-state index in [1.54, 1.807) is 12.1 Å². The third-order valence-electron chi connectivity index (χ3n) is 3.73. The van der Waals surface area contributed by atoms with Crippen LogP contribution in [0.3, 0.4) is 0 Å². The van der Waals surface area contributed by atoms with Crippen molar-refractivity contribution in [3.8, 4) is 5.75 Å². The highest BCUT2D eigenvalue weighted by Gasteiger charge is 2.17. The minimum Gasteiger partial charge on any atom is -0.506 e. The zero-order valence-corrected chi connectivity index (χ0v) is 16.6. The van der Waals surface area contributed by atoms with Crippen molar-refractivity contribution in [1.29, 1.82) is 0 Å². The van der Waals surface area contributed by atoms with Crippen LogP contribution in [0.4, 0.5) is 0 Å². The highest BCUT2D eigenvalue weighted by Crippen LogP contribution is 2.30. The maximum atomic E-state index is 12.3. The molecule has 5 nitrogen and oxygen atoms in total. The number of nitrogens with zero attached hydrogens (tertiary/aromatic N) is 1. The summed E-state index contributed by atoms with van der Waals surface area (Å²) >= 11 is 6.58. The fraction of sp³-hybridized carbons (Fsp3) is 0.111. The van der Waals surface area contributed by atoms with Crippen LogP contribution >= 0.6 is 31.9 Å². The summed E-state index contributed by atoms with van der Waals surface area (Å²) in [6, 6.07) is 9.19. The van der Waals surface area contributed by atoms with E-state index in [4.69, 9.17) is 4.42 Å². The van der Waals surface area contributed by atoms with Crippen molar-refractivity contribution < 1.29 is 14.3 Å². The standard InChI is InChI=1S/C18H14Br2N2O3/c1-9-3-4-13-10(2)17(25-15(13)5-9)18(24)22-21-8-11-6-12(19)7-14(20)16(11)23/h3-8,23H,1-2H3,(H,22,24)/b21-8+. The van der Waals surface area contributed by atoms with Crippen LogP contribution in [0.15, 0.2) is 48.8 Å². The highest BCUT2D eigenvalue weighted by molar-refractivity contribution is 9.11. The Labute approximate surface area is 161 Å². The number of hydrogen-bond donors (Lipinski definition) is 2. The van der Waals surface area contributed by atoms with Gasteiger partial charge in [0.25, 0.3) is 0 Å². The fourth-order valence-corrected chi connectivity index (χ4v) is 3.70. The largest absolute Gasteiger partial charge is 0.506 e. The van der Waals surface area contributed by atoms with Crippen molar-refractivity contribution in [3.05, 3.63) is 61.7 Å². The maximum absolute atomic E-state index is 12.3. The van der Waals surface area contributed by atoms with E-state index >= 15 is 0 Å². The Morgan fingerprint density at radius 2 is 2.00 bits per heavy atom. The number of furan rings is 1. The van der Waals surface area contributed by atoms with Crippen molar-refractivity contribution in [3.63, 3.8) is 0 Å². The van der Waals surface area contributed by atoms with Crippen molar-refractivity contribution in [2.24, 2.45) is 5.10 Å². The van der Waals surface area contributed by atoms with E-state index in [2.05, 4.69) is 42.4 Å². The summed E-state index contributed by atoms with van der Waals surface area (Å²) in [5.41, 5.74) is 5.37. The molecule has 0 aliphatic carbocycles. The number of nitrogens with one attached hydrogen (secondary N) is 1. The number of rotatable bonds is 3. The van der Waals surface area contributed by atoms with E-state index < -0.39 is 5.91 Å². The van der Waals surface area contributed by atoms with Gasteiger partial charge in [-0.15, -0.1) is 0 Å². The summed E-state index contributed by atoms with van der Waals surface area (Å²) in [6.07, 6.45) is 1.37. The monoisotopic (exact) mass is 464 g/mol. The molecule has 128 valence electrons. The van der Waals surface area contributed by atoms with E-state index in [0.29, 0.717) is 15.6 Å². The molecule has 0 aliphatic heterocycles. The first-order valence-electron chi connectivity index (χ1n) is 7.38. The van der Waals surface area contributed by atoms with Crippen LogP contribution in [-0.4, -0.2) is 17.2 Å². The minimum atomic E-state index is -0.448. The Bertz CT molecular complexity index is 1010. The van der Waals surface area contributed by atoms with E-state index in [1.807, 2.05) is 32.0 Å². The van der Waals surface area contributed by atoms with Crippen LogP contribution in [0.1, 0.15) is 27.2 Å². The first-order valence-corrected chi connectivity index (χ1v) is 8.96. The number of phenols is 1. The van der Waals surface area contributed by atoms with Crippen LogP contribution in [0, 0.1) is 13.8 Å². The second kappa shape index (κ2) is 7.01. The van der Waals surface area contributed by atoms with Crippen molar-refractivity contribution in [2.75, 3.05) is 0 Å². The van der Waals surface area contributed by atoms with Gasteiger partial charge in [-0.3, -0.25) is 4.79 Å². The smallest absolute Gasteiger partial charge is 0.307 e. The van der Waals surface area contributed by atoms with Gasteiger partial charge in [0, 0.05) is 21.0 Å². The first-order chi connectivity index (χ1) is 11.9. The van der Waals surface area contributed by atoms with Crippen LogP contribution in [0.2, 0.25) is 0 Å². The Morgan fingerprint density at radius 3 is 2.76 bits per heavy atom. The molecule has 1 aromatic heterocycles. The number of carbonyl (C=O) groups is 1. The Hall–Kier alpha value is -2.12. The summed E-state index contributed by atoms with van der Waals surface area (Å²) in [5, 5.41) is 14.8. The molecule has 0 saturated heterocycles. The average molecular weight is 466 g/mol. The number of phenolic OH excluding ortho intramolecular Hbond substituents is 1. The summed E-state index contributed by atoms with van der Waals surface area (Å²) in [6.45, 7) is 3.79. The number of benzene rings is 2. The van der Waals surface area contributed by atoms with E-state index in [0.717, 1.165) is 21.0 Å². The van der Waals surface area contributed by atoms with Crippen LogP contribution in [0.25, 0.3) is 11.0 Å². The molecule has 7 heteroatoms. The summed E-state index contributed by atoms with van der Waals surface area (Å²) < 4.78 is 6.95. The van der Waals surface area contributed by atoms with Crippen LogP contribution in [0.5, 0.6) is 5.75 Å². The molecule has 0 bridgehead atoms. The predicted molar refractivity (Wildman–Crippen MR) is 104 cm³/mol. The Morgan fingerprint density at radius 1 is 1.24 bits per heavy atom. The topological polar surface area (TPSA) is 74.8 Å². The highest BCUT2D eigenvalue weighted by atomic mass is 79.9. The lowest BCUT2D eigenvalue weighted by Gasteiger charge is -2.03. The third kappa shape index (κ3) is 3.62. The van der Waals surface area contributed by atoms with Gasteiger partial charge in [-0.05, 0) is 53.5 Å². The molecule has 0 aliphatic rings. The molecule has 0 saturated carbocycles. The number of amides is 1. The zero-order valence-electron chi connectivity index (χ0n) is 13.4. The molecule has 0 fully saturated rings. The molecule has 3 rings (SSSR count). The normalized spacial score (nSPS) is 11.4. The Balaban J connectivity index is 1.83. The molecule has 3 aromatic rings. The van der Waals surface area contributed by atoms with Gasteiger partial charge in [0.2, 0.25) is 0 Å². The lowest BCUT2D eigenvalue weighted by molar-refractivity contribution is 0.0928. The number of hydrogen-bond acceptors (Lipinski definition) is 4. The molecular formula is C18H14Br2N2O3. The molecule has 0 spiro atoms. The quantitative estimate of drug-likeness (QED) is 0.420. The Kier molecular flexibility index (Phi) is 4.96. The van der Waals surface area contributed by atoms with Crippen molar-refractivity contribution in [2.45, 2.75) is 13.8 Å². The summed E-state index contributed by atoms with van der Waals surface area (Å²) in [4.78, 5) is 12.3. The fourth-order valence-electron chi connectivity index (χ4n) is 2.44. The van der Waals surface area contributed by atoms with Crippen LogP contribution < -0.4 is 5.43 Å². The molecule has 25 heavy (non-hydrogen) atoms. The first kappa shape index (κ1) is 17.7. The number of fused-ring (bicyclic) bond motifs is 1. The lowest BCUT2D eigenvalue weighted by Crippen LogP contribution is -2.17.